The van der Waals surface area contributed by atoms with Crippen LogP contribution < -0.4 is 4.74 Å². The average molecular weight is 451 g/mol. The lowest BCUT2D eigenvalue weighted by atomic mass is 10.0. The fourth-order valence-corrected chi connectivity index (χ4v) is 4.70. The lowest BCUT2D eigenvalue weighted by Crippen LogP contribution is -2.48. The Hall–Kier alpha value is -2.00. The van der Waals surface area contributed by atoms with E-state index in [1.54, 1.807) is 30.6 Å². The van der Waals surface area contributed by atoms with Gasteiger partial charge in [-0.25, -0.2) is 4.39 Å². The third-order valence-corrected chi connectivity index (χ3v) is 6.53. The van der Waals surface area contributed by atoms with Gasteiger partial charge in [0, 0.05) is 37.7 Å². The number of carbonyl (C=O) groups is 1. The summed E-state index contributed by atoms with van der Waals surface area (Å²) in [5.41, 5.74) is 1.10. The number of methoxy groups -OCH3 is 1. The standard InChI is InChI=1S/C23H31FN2O4S/c1-3-18(27)14-25(10-11-29-2)15-23(28)26-9-7-22-20(8-12-31-22)21(26)16-30-19-6-4-5-17(24)13-19/h4-6,8,12-13,18,21,27H,3,7,9-11,14-16H2,1-2H3/t18-,21-/m0/s1. The van der Waals surface area contributed by atoms with Crippen LogP contribution in [0.1, 0.15) is 29.8 Å². The van der Waals surface area contributed by atoms with Crippen LogP contribution in [-0.2, 0) is 16.0 Å². The molecule has 0 bridgehead atoms. The van der Waals surface area contributed by atoms with Crippen molar-refractivity contribution in [3.05, 3.63) is 52.0 Å². The van der Waals surface area contributed by atoms with Crippen LogP contribution in [0.4, 0.5) is 4.39 Å². The van der Waals surface area contributed by atoms with Crippen molar-refractivity contribution in [2.45, 2.75) is 31.9 Å². The van der Waals surface area contributed by atoms with Crippen molar-refractivity contribution < 1.29 is 23.8 Å². The van der Waals surface area contributed by atoms with Crippen molar-refractivity contribution in [2.24, 2.45) is 0 Å². The Balaban J connectivity index is 1.72. The highest BCUT2D eigenvalue weighted by Crippen LogP contribution is 2.34. The minimum Gasteiger partial charge on any atom is -0.491 e. The molecule has 6 nitrogen and oxygen atoms in total. The maximum absolute atomic E-state index is 13.5. The van der Waals surface area contributed by atoms with Crippen LogP contribution in [0.2, 0.25) is 0 Å². The third kappa shape index (κ3) is 6.49. The zero-order valence-electron chi connectivity index (χ0n) is 18.1. The molecule has 1 aliphatic heterocycles. The summed E-state index contributed by atoms with van der Waals surface area (Å²) in [7, 11) is 1.62. The fourth-order valence-electron chi connectivity index (χ4n) is 3.77. The molecular formula is C23H31FN2O4S. The number of amides is 1. The van der Waals surface area contributed by atoms with Gasteiger partial charge in [0.25, 0.3) is 0 Å². The van der Waals surface area contributed by atoms with Crippen LogP contribution in [0.25, 0.3) is 0 Å². The first-order valence-corrected chi connectivity index (χ1v) is 11.5. The fraction of sp³-hybridized carbons (Fsp3) is 0.522. The van der Waals surface area contributed by atoms with Crippen LogP contribution in [0.15, 0.2) is 35.7 Å². The molecule has 1 N–H and O–H groups in total. The number of nitrogens with zero attached hydrogens (tertiary/aromatic N) is 2. The number of halogens is 1. The number of benzene rings is 1. The van der Waals surface area contributed by atoms with E-state index in [9.17, 15) is 14.3 Å². The summed E-state index contributed by atoms with van der Waals surface area (Å²) < 4.78 is 24.6. The quantitative estimate of drug-likeness (QED) is 0.570. The number of aliphatic hydroxyl groups excluding tert-OH is 1. The Labute approximate surface area is 187 Å². The van der Waals surface area contributed by atoms with E-state index in [1.807, 2.05) is 28.2 Å². The predicted molar refractivity (Wildman–Crippen MR) is 119 cm³/mol. The molecule has 170 valence electrons. The number of rotatable bonds is 11. The first-order chi connectivity index (χ1) is 15.0. The monoisotopic (exact) mass is 450 g/mol. The van der Waals surface area contributed by atoms with Gasteiger partial charge in [-0.3, -0.25) is 9.69 Å². The molecule has 2 aromatic rings. The number of carbonyl (C=O) groups excluding carboxylic acids is 1. The lowest BCUT2D eigenvalue weighted by Gasteiger charge is -2.37. The molecule has 1 aromatic heterocycles. The molecule has 2 atom stereocenters. The normalized spacial score (nSPS) is 16.9. The molecular weight excluding hydrogens is 419 g/mol. The summed E-state index contributed by atoms with van der Waals surface area (Å²) in [4.78, 5) is 18.3. The number of hydrogen-bond donors (Lipinski definition) is 1. The second-order valence-corrected chi connectivity index (χ2v) is 8.71. The van der Waals surface area contributed by atoms with E-state index in [0.29, 0.717) is 38.4 Å². The first kappa shape index (κ1) is 23.7. The summed E-state index contributed by atoms with van der Waals surface area (Å²) in [6.45, 7) is 4.48. The highest BCUT2D eigenvalue weighted by molar-refractivity contribution is 7.10. The topological polar surface area (TPSA) is 62.2 Å². The van der Waals surface area contributed by atoms with Crippen molar-refractivity contribution in [3.63, 3.8) is 0 Å². The maximum Gasteiger partial charge on any atom is 0.237 e. The van der Waals surface area contributed by atoms with E-state index in [0.717, 1.165) is 12.0 Å². The molecule has 0 spiro atoms. The minimum absolute atomic E-state index is 0.0101. The summed E-state index contributed by atoms with van der Waals surface area (Å²) in [5.74, 6) is 0.0835. The molecule has 8 heteroatoms. The molecule has 0 saturated heterocycles. The van der Waals surface area contributed by atoms with Crippen LogP contribution in [0, 0.1) is 5.82 Å². The molecule has 0 fully saturated rings. The Morgan fingerprint density at radius 2 is 2.26 bits per heavy atom. The van der Waals surface area contributed by atoms with Crippen molar-refractivity contribution in [3.8, 4) is 5.75 Å². The Morgan fingerprint density at radius 1 is 1.42 bits per heavy atom. The molecule has 1 aliphatic rings. The van der Waals surface area contributed by atoms with Crippen LogP contribution >= 0.6 is 11.3 Å². The second kappa shape index (κ2) is 11.6. The highest BCUT2D eigenvalue weighted by Gasteiger charge is 2.33. The van der Waals surface area contributed by atoms with Gasteiger partial charge in [0.1, 0.15) is 18.2 Å². The van der Waals surface area contributed by atoms with E-state index in [2.05, 4.69) is 0 Å². The lowest BCUT2D eigenvalue weighted by molar-refractivity contribution is -0.136. The second-order valence-electron chi connectivity index (χ2n) is 7.71. The van der Waals surface area contributed by atoms with Crippen LogP contribution in [-0.4, -0.2) is 73.4 Å². The smallest absolute Gasteiger partial charge is 0.237 e. The van der Waals surface area contributed by atoms with Gasteiger partial charge in [-0.2, -0.15) is 0 Å². The Bertz CT molecular complexity index is 846. The van der Waals surface area contributed by atoms with E-state index in [4.69, 9.17) is 9.47 Å². The predicted octanol–water partition coefficient (Wildman–Crippen LogP) is 3.11. The molecule has 31 heavy (non-hydrogen) atoms. The third-order valence-electron chi connectivity index (χ3n) is 5.53. The summed E-state index contributed by atoms with van der Waals surface area (Å²) in [6.07, 6.45) is 0.954. The van der Waals surface area contributed by atoms with E-state index >= 15 is 0 Å². The van der Waals surface area contributed by atoms with Crippen molar-refractivity contribution >= 4 is 17.2 Å². The zero-order chi connectivity index (χ0) is 22.2. The van der Waals surface area contributed by atoms with E-state index in [1.165, 1.54) is 17.0 Å². The maximum atomic E-state index is 13.5. The number of thiophene rings is 1. The first-order valence-electron chi connectivity index (χ1n) is 10.6. The summed E-state index contributed by atoms with van der Waals surface area (Å²) in [5, 5.41) is 12.1. The van der Waals surface area contributed by atoms with Gasteiger partial charge in [0.15, 0.2) is 0 Å². The summed E-state index contributed by atoms with van der Waals surface area (Å²) in [6, 6.07) is 7.86. The van der Waals surface area contributed by atoms with Gasteiger partial charge in [0.05, 0.1) is 25.3 Å². The van der Waals surface area contributed by atoms with Crippen molar-refractivity contribution in [2.75, 3.05) is 46.5 Å². The van der Waals surface area contributed by atoms with Crippen LogP contribution in [0.3, 0.4) is 0 Å². The summed E-state index contributed by atoms with van der Waals surface area (Å²) >= 11 is 1.69. The van der Waals surface area contributed by atoms with Gasteiger partial charge >= 0.3 is 0 Å². The van der Waals surface area contributed by atoms with E-state index < -0.39 is 6.10 Å². The van der Waals surface area contributed by atoms with E-state index in [-0.39, 0.29) is 30.9 Å². The number of fused-ring (bicyclic) bond motifs is 1. The highest BCUT2D eigenvalue weighted by atomic mass is 32.1. The molecule has 1 aromatic carbocycles. The number of ether oxygens (including phenoxy) is 2. The van der Waals surface area contributed by atoms with Crippen molar-refractivity contribution in [1.29, 1.82) is 0 Å². The molecule has 0 radical (unpaired) electrons. The van der Waals surface area contributed by atoms with Gasteiger partial charge < -0.3 is 19.5 Å². The molecule has 1 amide bonds. The Morgan fingerprint density at radius 3 is 3.00 bits per heavy atom. The van der Waals surface area contributed by atoms with Gasteiger partial charge in [0.2, 0.25) is 5.91 Å². The number of aliphatic hydroxyl groups is 1. The van der Waals surface area contributed by atoms with Gasteiger partial charge in [-0.1, -0.05) is 13.0 Å². The zero-order valence-corrected chi connectivity index (χ0v) is 18.9. The largest absolute Gasteiger partial charge is 0.491 e. The van der Waals surface area contributed by atoms with Crippen molar-refractivity contribution in [1.82, 2.24) is 9.80 Å². The van der Waals surface area contributed by atoms with Crippen LogP contribution in [0.5, 0.6) is 5.75 Å². The molecule has 0 aliphatic carbocycles. The molecule has 3 rings (SSSR count). The molecule has 2 heterocycles. The molecule has 0 unspecified atom stereocenters. The van der Waals surface area contributed by atoms with Gasteiger partial charge in [-0.15, -0.1) is 11.3 Å². The molecule has 0 saturated carbocycles. The average Bonchev–Trinajstić information content (AvgIpc) is 3.24. The minimum atomic E-state index is -0.485. The Kier molecular flexibility index (Phi) is 8.83. The number of hydrogen-bond acceptors (Lipinski definition) is 6. The SMILES string of the molecule is CC[C@H](O)CN(CCOC)CC(=O)N1CCc2sccc2[C@@H]1COc1cccc(F)c1. The van der Waals surface area contributed by atoms with Gasteiger partial charge in [-0.05, 0) is 42.0 Å².